The van der Waals surface area contributed by atoms with Crippen LogP contribution in [0.1, 0.15) is 33.1 Å². The molecule has 1 aliphatic rings. The Labute approximate surface area is 161 Å². The van der Waals surface area contributed by atoms with E-state index in [9.17, 15) is 4.79 Å². The molecule has 0 spiro atoms. The summed E-state index contributed by atoms with van der Waals surface area (Å²) in [4.78, 5) is 25.2. The number of unbranched alkanes of at least 4 members (excludes halogenated alkanes) is 2. The first kappa shape index (κ1) is 19.1. The fourth-order valence-electron chi connectivity index (χ4n) is 3.24. The second-order valence-electron chi connectivity index (χ2n) is 6.93. The monoisotopic (exact) mass is 367 g/mol. The van der Waals surface area contributed by atoms with Crippen LogP contribution in [0.3, 0.4) is 0 Å². The molecule has 0 unspecified atom stereocenters. The van der Waals surface area contributed by atoms with Crippen LogP contribution < -0.4 is 10.2 Å². The Morgan fingerprint density at radius 3 is 2.48 bits per heavy atom. The van der Waals surface area contributed by atoms with Gasteiger partial charge in [-0.3, -0.25) is 4.79 Å². The first-order valence-corrected chi connectivity index (χ1v) is 9.86. The molecule has 6 heteroatoms. The van der Waals surface area contributed by atoms with Crippen molar-refractivity contribution >= 4 is 17.7 Å². The molecule has 0 bridgehead atoms. The first-order chi connectivity index (χ1) is 13.2. The summed E-state index contributed by atoms with van der Waals surface area (Å²) >= 11 is 0. The van der Waals surface area contributed by atoms with E-state index in [1.165, 1.54) is 12.8 Å². The molecular formula is C21H29N5O. The molecule has 0 saturated carbocycles. The number of hydrogen-bond donors (Lipinski definition) is 1. The lowest BCUT2D eigenvalue weighted by atomic mass is 10.1. The molecule has 1 aromatic carbocycles. The molecule has 144 valence electrons. The van der Waals surface area contributed by atoms with Gasteiger partial charge < -0.3 is 15.1 Å². The smallest absolute Gasteiger partial charge is 0.227 e. The highest BCUT2D eigenvalue weighted by Crippen LogP contribution is 2.23. The van der Waals surface area contributed by atoms with Crippen molar-refractivity contribution in [3.63, 3.8) is 0 Å². The van der Waals surface area contributed by atoms with Crippen molar-refractivity contribution in [1.82, 2.24) is 14.9 Å². The minimum absolute atomic E-state index is 0.131. The molecule has 0 atom stereocenters. The van der Waals surface area contributed by atoms with Gasteiger partial charge in [0, 0.05) is 51.3 Å². The van der Waals surface area contributed by atoms with Gasteiger partial charge in [0.1, 0.15) is 5.82 Å². The maximum absolute atomic E-state index is 11.6. The molecule has 1 aliphatic heterocycles. The standard InChI is InChI=1S/C21H29N5O/c1-3-4-8-11-22-20-16-19(18-9-6-5-7-10-18)23-21(24-20)26-14-12-25(13-15-26)17(2)27/h5-7,9-10,16H,3-4,8,11-15H2,1-2H3,(H,22,23,24). The van der Waals surface area contributed by atoms with Crippen molar-refractivity contribution < 1.29 is 4.79 Å². The molecule has 27 heavy (non-hydrogen) atoms. The number of nitrogens with zero attached hydrogens (tertiary/aromatic N) is 4. The van der Waals surface area contributed by atoms with Crippen molar-refractivity contribution in [1.29, 1.82) is 0 Å². The van der Waals surface area contributed by atoms with E-state index in [1.54, 1.807) is 6.92 Å². The molecule has 1 N–H and O–H groups in total. The van der Waals surface area contributed by atoms with Crippen LogP contribution in [0.5, 0.6) is 0 Å². The van der Waals surface area contributed by atoms with Crippen LogP contribution >= 0.6 is 0 Å². The molecule has 1 saturated heterocycles. The van der Waals surface area contributed by atoms with Gasteiger partial charge in [-0.05, 0) is 6.42 Å². The number of carbonyl (C=O) groups excluding carboxylic acids is 1. The van der Waals surface area contributed by atoms with E-state index in [0.717, 1.165) is 49.1 Å². The molecule has 0 aliphatic carbocycles. The number of amides is 1. The van der Waals surface area contributed by atoms with E-state index in [-0.39, 0.29) is 5.91 Å². The topological polar surface area (TPSA) is 61.4 Å². The van der Waals surface area contributed by atoms with E-state index in [2.05, 4.69) is 29.3 Å². The molecule has 1 aromatic heterocycles. The summed E-state index contributed by atoms with van der Waals surface area (Å²) in [6.07, 6.45) is 3.55. The first-order valence-electron chi connectivity index (χ1n) is 9.86. The van der Waals surface area contributed by atoms with Crippen molar-refractivity contribution in [2.24, 2.45) is 0 Å². The number of piperazine rings is 1. The fourth-order valence-corrected chi connectivity index (χ4v) is 3.24. The Bertz CT molecular complexity index is 741. The zero-order valence-corrected chi connectivity index (χ0v) is 16.3. The number of benzene rings is 1. The zero-order chi connectivity index (χ0) is 19.1. The van der Waals surface area contributed by atoms with E-state index >= 15 is 0 Å². The molecule has 3 rings (SSSR count). The van der Waals surface area contributed by atoms with Crippen LogP contribution in [0.4, 0.5) is 11.8 Å². The molecule has 2 aromatic rings. The number of hydrogen-bond acceptors (Lipinski definition) is 5. The predicted octanol–water partition coefficient (Wildman–Crippen LogP) is 3.41. The third-order valence-electron chi connectivity index (χ3n) is 4.88. The minimum atomic E-state index is 0.131. The van der Waals surface area contributed by atoms with Gasteiger partial charge in [0.25, 0.3) is 0 Å². The Morgan fingerprint density at radius 1 is 1.07 bits per heavy atom. The number of nitrogens with one attached hydrogen (secondary N) is 1. The highest BCUT2D eigenvalue weighted by Gasteiger charge is 2.21. The predicted molar refractivity (Wildman–Crippen MR) is 110 cm³/mol. The van der Waals surface area contributed by atoms with Gasteiger partial charge in [-0.1, -0.05) is 50.1 Å². The van der Waals surface area contributed by atoms with Gasteiger partial charge in [-0.15, -0.1) is 0 Å². The summed E-state index contributed by atoms with van der Waals surface area (Å²) in [6.45, 7) is 7.69. The van der Waals surface area contributed by atoms with E-state index in [0.29, 0.717) is 13.1 Å². The zero-order valence-electron chi connectivity index (χ0n) is 16.3. The lowest BCUT2D eigenvalue weighted by Crippen LogP contribution is -2.48. The van der Waals surface area contributed by atoms with Crippen LogP contribution in [-0.4, -0.2) is 53.5 Å². The second-order valence-corrected chi connectivity index (χ2v) is 6.93. The summed E-state index contributed by atoms with van der Waals surface area (Å²) in [6, 6.07) is 12.2. The Balaban J connectivity index is 1.80. The van der Waals surface area contributed by atoms with Gasteiger partial charge >= 0.3 is 0 Å². The Morgan fingerprint density at radius 2 is 1.81 bits per heavy atom. The lowest BCUT2D eigenvalue weighted by Gasteiger charge is -2.34. The largest absolute Gasteiger partial charge is 0.370 e. The van der Waals surface area contributed by atoms with Crippen LogP contribution in [0.2, 0.25) is 0 Å². The van der Waals surface area contributed by atoms with E-state index in [1.807, 2.05) is 29.2 Å². The van der Waals surface area contributed by atoms with Crippen LogP contribution in [0.15, 0.2) is 36.4 Å². The number of rotatable bonds is 7. The van der Waals surface area contributed by atoms with Crippen molar-refractivity contribution in [3.8, 4) is 11.3 Å². The van der Waals surface area contributed by atoms with Crippen LogP contribution in [0.25, 0.3) is 11.3 Å². The van der Waals surface area contributed by atoms with Crippen molar-refractivity contribution in [2.75, 3.05) is 42.9 Å². The molecule has 0 radical (unpaired) electrons. The molecular weight excluding hydrogens is 338 g/mol. The Kier molecular flexibility index (Phi) is 6.63. The van der Waals surface area contributed by atoms with Gasteiger partial charge in [0.05, 0.1) is 5.69 Å². The quantitative estimate of drug-likeness (QED) is 0.760. The van der Waals surface area contributed by atoms with Gasteiger partial charge in [0.2, 0.25) is 11.9 Å². The molecule has 6 nitrogen and oxygen atoms in total. The number of aromatic nitrogens is 2. The summed E-state index contributed by atoms with van der Waals surface area (Å²) in [5, 5.41) is 3.45. The van der Waals surface area contributed by atoms with Gasteiger partial charge in [-0.25, -0.2) is 4.98 Å². The summed E-state index contributed by atoms with van der Waals surface area (Å²) in [5.74, 6) is 1.73. The summed E-state index contributed by atoms with van der Waals surface area (Å²) < 4.78 is 0. The summed E-state index contributed by atoms with van der Waals surface area (Å²) in [7, 11) is 0. The minimum Gasteiger partial charge on any atom is -0.370 e. The molecule has 1 fully saturated rings. The average molecular weight is 367 g/mol. The maximum Gasteiger partial charge on any atom is 0.227 e. The summed E-state index contributed by atoms with van der Waals surface area (Å²) in [5.41, 5.74) is 2.01. The third kappa shape index (κ3) is 5.18. The van der Waals surface area contributed by atoms with Crippen molar-refractivity contribution in [3.05, 3.63) is 36.4 Å². The van der Waals surface area contributed by atoms with Gasteiger partial charge in [0.15, 0.2) is 0 Å². The second kappa shape index (κ2) is 9.35. The lowest BCUT2D eigenvalue weighted by molar-refractivity contribution is -0.129. The highest BCUT2D eigenvalue weighted by molar-refractivity contribution is 5.73. The SMILES string of the molecule is CCCCCNc1cc(-c2ccccc2)nc(N2CCN(C(C)=O)CC2)n1. The van der Waals surface area contributed by atoms with Crippen LogP contribution in [0, 0.1) is 0 Å². The Hall–Kier alpha value is -2.63. The van der Waals surface area contributed by atoms with E-state index < -0.39 is 0 Å². The third-order valence-corrected chi connectivity index (χ3v) is 4.88. The highest BCUT2D eigenvalue weighted by atomic mass is 16.2. The van der Waals surface area contributed by atoms with Crippen molar-refractivity contribution in [2.45, 2.75) is 33.1 Å². The normalized spacial score (nSPS) is 14.3. The molecule has 2 heterocycles. The fraction of sp³-hybridized carbons (Fsp3) is 0.476. The van der Waals surface area contributed by atoms with Crippen LogP contribution in [-0.2, 0) is 4.79 Å². The number of anilines is 2. The van der Waals surface area contributed by atoms with Gasteiger partial charge in [-0.2, -0.15) is 4.98 Å². The maximum atomic E-state index is 11.6. The number of carbonyl (C=O) groups is 1. The average Bonchev–Trinajstić information content (AvgIpc) is 2.72. The molecule has 1 amide bonds. The van der Waals surface area contributed by atoms with E-state index in [4.69, 9.17) is 9.97 Å².